The highest BCUT2D eigenvalue weighted by Gasteiger charge is 2.43. The molecule has 2 rings (SSSR count). The number of carbonyl (C=O) groups excluding carboxylic acids is 1. The summed E-state index contributed by atoms with van der Waals surface area (Å²) in [6, 6.07) is 0.396. The quantitative estimate of drug-likeness (QED) is 0.813. The molecule has 0 amide bonds. The summed E-state index contributed by atoms with van der Waals surface area (Å²) < 4.78 is 5.01. The molecule has 122 valence electrons. The minimum atomic E-state index is -0.0684. The van der Waals surface area contributed by atoms with Crippen LogP contribution in [-0.2, 0) is 9.53 Å². The molecule has 2 fully saturated rings. The SMILES string of the molecule is COC(=O)C1CCCN1C1CC(C(C)(C)C)CCC1CN. The first-order valence-corrected chi connectivity index (χ1v) is 8.42. The number of nitrogens with two attached hydrogens (primary N) is 1. The number of hydrogen-bond donors (Lipinski definition) is 1. The van der Waals surface area contributed by atoms with Gasteiger partial charge >= 0.3 is 5.97 Å². The second-order valence-corrected chi connectivity index (χ2v) is 7.86. The second-order valence-electron chi connectivity index (χ2n) is 7.86. The number of methoxy groups -OCH3 is 1. The van der Waals surface area contributed by atoms with Crippen LogP contribution in [0.1, 0.15) is 52.9 Å². The van der Waals surface area contributed by atoms with Crippen molar-refractivity contribution in [1.82, 2.24) is 4.90 Å². The van der Waals surface area contributed by atoms with Crippen LogP contribution in [-0.4, -0.2) is 43.2 Å². The molecule has 0 bridgehead atoms. The Morgan fingerprint density at radius 1 is 1.29 bits per heavy atom. The monoisotopic (exact) mass is 296 g/mol. The smallest absolute Gasteiger partial charge is 0.323 e. The molecule has 21 heavy (non-hydrogen) atoms. The first-order chi connectivity index (χ1) is 9.88. The first-order valence-electron chi connectivity index (χ1n) is 8.42. The summed E-state index contributed by atoms with van der Waals surface area (Å²) in [5.74, 6) is 1.17. The molecule has 1 saturated heterocycles. The topological polar surface area (TPSA) is 55.6 Å². The van der Waals surface area contributed by atoms with E-state index in [4.69, 9.17) is 10.5 Å². The van der Waals surface area contributed by atoms with Crippen LogP contribution >= 0.6 is 0 Å². The van der Waals surface area contributed by atoms with Gasteiger partial charge in [0.15, 0.2) is 0 Å². The van der Waals surface area contributed by atoms with Crippen molar-refractivity contribution in [3.05, 3.63) is 0 Å². The van der Waals surface area contributed by atoms with Crippen LogP contribution in [0.4, 0.5) is 0 Å². The highest BCUT2D eigenvalue weighted by molar-refractivity contribution is 5.76. The lowest BCUT2D eigenvalue weighted by Crippen LogP contribution is -2.52. The normalized spacial score (nSPS) is 34.9. The maximum absolute atomic E-state index is 12.0. The van der Waals surface area contributed by atoms with E-state index in [0.29, 0.717) is 23.3 Å². The van der Waals surface area contributed by atoms with Crippen molar-refractivity contribution < 1.29 is 9.53 Å². The van der Waals surface area contributed by atoms with E-state index in [2.05, 4.69) is 25.7 Å². The zero-order valence-corrected chi connectivity index (χ0v) is 14.1. The number of ether oxygens (including phenoxy) is 1. The standard InChI is InChI=1S/C17H32N2O2/c1-17(2,3)13-8-7-12(11-18)15(10-13)19-9-5-6-14(19)16(20)21-4/h12-15H,5-11,18H2,1-4H3. The number of likely N-dealkylation sites (tertiary alicyclic amines) is 1. The molecule has 4 unspecified atom stereocenters. The van der Waals surface area contributed by atoms with Crippen LogP contribution in [0.2, 0.25) is 0 Å². The Balaban J connectivity index is 2.15. The van der Waals surface area contributed by atoms with E-state index < -0.39 is 0 Å². The van der Waals surface area contributed by atoms with Gasteiger partial charge in [-0.25, -0.2) is 0 Å². The van der Waals surface area contributed by atoms with Gasteiger partial charge < -0.3 is 10.5 Å². The average molecular weight is 296 g/mol. The van der Waals surface area contributed by atoms with Crippen molar-refractivity contribution in [3.8, 4) is 0 Å². The van der Waals surface area contributed by atoms with E-state index in [-0.39, 0.29) is 12.0 Å². The highest BCUT2D eigenvalue weighted by Crippen LogP contribution is 2.42. The fourth-order valence-electron chi connectivity index (χ4n) is 4.25. The number of hydrogen-bond acceptors (Lipinski definition) is 4. The van der Waals surface area contributed by atoms with Crippen LogP contribution in [0.5, 0.6) is 0 Å². The van der Waals surface area contributed by atoms with E-state index >= 15 is 0 Å². The lowest BCUT2D eigenvalue weighted by molar-refractivity contribution is -0.147. The molecular formula is C17H32N2O2. The van der Waals surface area contributed by atoms with Gasteiger partial charge in [-0.2, -0.15) is 0 Å². The minimum absolute atomic E-state index is 0.0484. The maximum Gasteiger partial charge on any atom is 0.323 e. The molecular weight excluding hydrogens is 264 g/mol. The van der Waals surface area contributed by atoms with Crippen LogP contribution in [0.25, 0.3) is 0 Å². The molecule has 0 aromatic heterocycles. The van der Waals surface area contributed by atoms with Crippen LogP contribution in [0.3, 0.4) is 0 Å². The Kier molecular flexibility index (Phi) is 5.31. The average Bonchev–Trinajstić information content (AvgIpc) is 2.94. The van der Waals surface area contributed by atoms with Gasteiger partial charge in [0.25, 0.3) is 0 Å². The second kappa shape index (κ2) is 6.66. The molecule has 0 aromatic carbocycles. The molecule has 2 aliphatic rings. The molecule has 0 spiro atoms. The van der Waals surface area contributed by atoms with Gasteiger partial charge in [0, 0.05) is 6.04 Å². The Bertz CT molecular complexity index is 364. The molecule has 4 atom stereocenters. The Labute approximate surface area is 129 Å². The Morgan fingerprint density at radius 3 is 2.57 bits per heavy atom. The fraction of sp³-hybridized carbons (Fsp3) is 0.941. The molecule has 4 heteroatoms. The molecule has 1 aliphatic heterocycles. The van der Waals surface area contributed by atoms with Crippen LogP contribution in [0.15, 0.2) is 0 Å². The summed E-state index contributed by atoms with van der Waals surface area (Å²) in [6.45, 7) is 8.74. The molecule has 2 N–H and O–H groups in total. The van der Waals surface area contributed by atoms with Gasteiger partial charge in [0.2, 0.25) is 0 Å². The van der Waals surface area contributed by atoms with Crippen LogP contribution in [0, 0.1) is 17.3 Å². The van der Waals surface area contributed by atoms with Crippen molar-refractivity contribution in [2.45, 2.75) is 65.0 Å². The zero-order valence-electron chi connectivity index (χ0n) is 14.1. The Hall–Kier alpha value is -0.610. The van der Waals surface area contributed by atoms with Crippen molar-refractivity contribution in [2.75, 3.05) is 20.2 Å². The molecule has 4 nitrogen and oxygen atoms in total. The zero-order chi connectivity index (χ0) is 15.6. The van der Waals surface area contributed by atoms with Crippen molar-refractivity contribution in [1.29, 1.82) is 0 Å². The van der Waals surface area contributed by atoms with Crippen LogP contribution < -0.4 is 5.73 Å². The number of rotatable bonds is 3. The molecule has 1 saturated carbocycles. The van der Waals surface area contributed by atoms with E-state index in [1.165, 1.54) is 26.4 Å². The van der Waals surface area contributed by atoms with E-state index in [9.17, 15) is 4.79 Å². The van der Waals surface area contributed by atoms with Gasteiger partial charge in [0.05, 0.1) is 7.11 Å². The van der Waals surface area contributed by atoms with Gasteiger partial charge in [-0.1, -0.05) is 20.8 Å². The van der Waals surface area contributed by atoms with Gasteiger partial charge in [-0.15, -0.1) is 0 Å². The third kappa shape index (κ3) is 3.59. The third-order valence-electron chi connectivity index (χ3n) is 5.68. The van der Waals surface area contributed by atoms with Crippen molar-refractivity contribution >= 4 is 5.97 Å². The number of carbonyl (C=O) groups is 1. The lowest BCUT2D eigenvalue weighted by Gasteiger charge is -2.46. The van der Waals surface area contributed by atoms with Crippen molar-refractivity contribution in [3.63, 3.8) is 0 Å². The number of esters is 1. The summed E-state index contributed by atoms with van der Waals surface area (Å²) in [5.41, 5.74) is 6.36. The molecule has 0 radical (unpaired) electrons. The molecule has 1 heterocycles. The molecule has 0 aromatic rings. The third-order valence-corrected chi connectivity index (χ3v) is 5.68. The largest absolute Gasteiger partial charge is 0.468 e. The first kappa shape index (κ1) is 16.8. The molecule has 1 aliphatic carbocycles. The fourth-order valence-corrected chi connectivity index (χ4v) is 4.25. The Morgan fingerprint density at radius 2 is 2.00 bits per heavy atom. The van der Waals surface area contributed by atoms with Crippen molar-refractivity contribution in [2.24, 2.45) is 23.0 Å². The highest BCUT2D eigenvalue weighted by atomic mass is 16.5. The summed E-state index contributed by atoms with van der Waals surface area (Å²) in [5, 5.41) is 0. The predicted octanol–water partition coefficient (Wildman–Crippen LogP) is 2.41. The summed E-state index contributed by atoms with van der Waals surface area (Å²) in [7, 11) is 1.50. The van der Waals surface area contributed by atoms with Gasteiger partial charge in [-0.3, -0.25) is 9.69 Å². The summed E-state index contributed by atoms with van der Waals surface area (Å²) >= 11 is 0. The maximum atomic E-state index is 12.0. The predicted molar refractivity (Wildman–Crippen MR) is 84.9 cm³/mol. The van der Waals surface area contributed by atoms with Gasteiger partial charge in [-0.05, 0) is 62.4 Å². The minimum Gasteiger partial charge on any atom is -0.468 e. The van der Waals surface area contributed by atoms with E-state index in [1.54, 1.807) is 0 Å². The van der Waals surface area contributed by atoms with E-state index in [1.807, 2.05) is 0 Å². The van der Waals surface area contributed by atoms with E-state index in [0.717, 1.165) is 25.9 Å². The van der Waals surface area contributed by atoms with Gasteiger partial charge in [0.1, 0.15) is 6.04 Å². The number of nitrogens with zero attached hydrogens (tertiary/aromatic N) is 1. The lowest BCUT2D eigenvalue weighted by atomic mass is 9.67. The summed E-state index contributed by atoms with van der Waals surface area (Å²) in [6.07, 6.45) is 5.64. The summed E-state index contributed by atoms with van der Waals surface area (Å²) in [4.78, 5) is 14.4.